The quantitative estimate of drug-likeness (QED) is 0.758. The van der Waals surface area contributed by atoms with E-state index in [9.17, 15) is 8.42 Å². The van der Waals surface area contributed by atoms with Gasteiger partial charge >= 0.3 is 0 Å². The topological polar surface area (TPSA) is 85.0 Å². The fourth-order valence-electron chi connectivity index (χ4n) is 2.64. The maximum absolute atomic E-state index is 11.3. The van der Waals surface area contributed by atoms with E-state index >= 15 is 0 Å². The van der Waals surface area contributed by atoms with Crippen LogP contribution in [0.25, 0.3) is 5.57 Å². The third-order valence-corrected chi connectivity index (χ3v) is 5.18. The van der Waals surface area contributed by atoms with Gasteiger partial charge in [-0.15, -0.1) is 0 Å². The van der Waals surface area contributed by atoms with E-state index in [1.165, 1.54) is 7.05 Å². The van der Waals surface area contributed by atoms with Crippen LogP contribution in [0.15, 0.2) is 53.1 Å². The molecule has 0 radical (unpaired) electrons. The summed E-state index contributed by atoms with van der Waals surface area (Å²) in [6.07, 6.45) is 5.41. The maximum atomic E-state index is 11.3. The molecule has 134 valence electrons. The summed E-state index contributed by atoms with van der Waals surface area (Å²) in [6, 6.07) is 5.60. The second kappa shape index (κ2) is 7.77. The summed E-state index contributed by atoms with van der Waals surface area (Å²) < 4.78 is 29.0. The van der Waals surface area contributed by atoms with Gasteiger partial charge in [0.15, 0.2) is 0 Å². The van der Waals surface area contributed by atoms with E-state index < -0.39 is 10.2 Å². The standard InChI is InChI=1S/C18H23N3O3S/c1-13(17-10-9-16(24-4)11-18(17)20-2)15-7-5-14(6-8-15)12-21(3)25(19,22)23/h5,7,9-11H,1-2,6,8,12H2,3-4H3,(H2,19,22,23). The molecule has 0 aliphatic heterocycles. The Morgan fingerprint density at radius 1 is 1.36 bits per heavy atom. The van der Waals surface area contributed by atoms with Crippen molar-refractivity contribution in [3.05, 3.63) is 53.6 Å². The van der Waals surface area contributed by atoms with Crippen LogP contribution in [0.5, 0.6) is 5.75 Å². The highest BCUT2D eigenvalue weighted by atomic mass is 32.2. The third kappa shape index (κ3) is 4.66. The predicted octanol–water partition coefficient (Wildman–Crippen LogP) is 2.82. The molecule has 0 saturated carbocycles. The molecule has 1 aliphatic carbocycles. The minimum absolute atomic E-state index is 0.289. The zero-order chi connectivity index (χ0) is 18.6. The number of hydrogen-bond acceptors (Lipinski definition) is 4. The van der Waals surface area contributed by atoms with Gasteiger partial charge in [0, 0.05) is 25.2 Å². The van der Waals surface area contributed by atoms with E-state index in [-0.39, 0.29) is 6.54 Å². The molecule has 0 aromatic heterocycles. The Kier molecular flexibility index (Phi) is 5.94. The molecule has 1 aromatic rings. The number of rotatable bonds is 7. The lowest BCUT2D eigenvalue weighted by Gasteiger charge is -2.21. The van der Waals surface area contributed by atoms with Gasteiger partial charge in [-0.05, 0) is 42.8 Å². The van der Waals surface area contributed by atoms with Gasteiger partial charge < -0.3 is 4.74 Å². The molecule has 7 heteroatoms. The molecule has 0 saturated heterocycles. The lowest BCUT2D eigenvalue weighted by Crippen LogP contribution is -2.34. The Hall–Kier alpha value is -2.22. The first-order valence-corrected chi connectivity index (χ1v) is 9.23. The number of allylic oxidation sites excluding steroid dienone is 4. The molecule has 0 bridgehead atoms. The van der Waals surface area contributed by atoms with Crippen LogP contribution in [-0.4, -0.2) is 40.1 Å². The Bertz CT molecular complexity index is 854. The number of ether oxygens (including phenoxy) is 1. The number of nitrogens with zero attached hydrogens (tertiary/aromatic N) is 2. The first kappa shape index (κ1) is 19.1. The first-order valence-electron chi connectivity index (χ1n) is 7.73. The smallest absolute Gasteiger partial charge is 0.276 e. The van der Waals surface area contributed by atoms with Crippen LogP contribution in [0.1, 0.15) is 18.4 Å². The van der Waals surface area contributed by atoms with E-state index in [2.05, 4.69) is 18.3 Å². The number of nitrogens with two attached hydrogens (primary N) is 1. The predicted molar refractivity (Wildman–Crippen MR) is 102 cm³/mol. The zero-order valence-corrected chi connectivity index (χ0v) is 15.3. The van der Waals surface area contributed by atoms with Crippen molar-refractivity contribution in [1.29, 1.82) is 0 Å². The number of likely N-dealkylation sites (N-methyl/N-ethyl adjacent to an activating group) is 1. The Morgan fingerprint density at radius 3 is 2.60 bits per heavy atom. The molecule has 0 heterocycles. The minimum Gasteiger partial charge on any atom is -0.497 e. The monoisotopic (exact) mass is 361 g/mol. The highest BCUT2D eigenvalue weighted by Gasteiger charge is 2.17. The van der Waals surface area contributed by atoms with Crippen LogP contribution in [0.3, 0.4) is 0 Å². The minimum atomic E-state index is -3.67. The molecule has 0 atom stereocenters. The van der Waals surface area contributed by atoms with E-state index in [0.29, 0.717) is 11.4 Å². The number of aliphatic imine (C=N–C) groups is 1. The van der Waals surface area contributed by atoms with Gasteiger partial charge in [0.2, 0.25) is 0 Å². The molecule has 0 spiro atoms. The highest BCUT2D eigenvalue weighted by Crippen LogP contribution is 2.36. The number of hydrogen-bond donors (Lipinski definition) is 1. The Balaban J connectivity index is 2.21. The van der Waals surface area contributed by atoms with E-state index in [4.69, 9.17) is 9.88 Å². The van der Waals surface area contributed by atoms with E-state index in [0.717, 1.165) is 39.4 Å². The summed E-state index contributed by atoms with van der Waals surface area (Å²) in [5.74, 6) is 0.713. The second-order valence-corrected chi connectivity index (χ2v) is 7.49. The molecule has 1 aromatic carbocycles. The Labute approximate surface area is 149 Å². The highest BCUT2D eigenvalue weighted by molar-refractivity contribution is 7.86. The normalized spacial score (nSPS) is 14.7. The third-order valence-electron chi connectivity index (χ3n) is 4.18. The molecule has 0 unspecified atom stereocenters. The summed E-state index contributed by atoms with van der Waals surface area (Å²) >= 11 is 0. The summed E-state index contributed by atoms with van der Waals surface area (Å²) in [5.41, 5.74) is 4.58. The molecule has 2 N–H and O–H groups in total. The fourth-order valence-corrected chi connectivity index (χ4v) is 2.98. The van der Waals surface area contributed by atoms with Crippen LogP contribution >= 0.6 is 0 Å². The largest absolute Gasteiger partial charge is 0.497 e. The van der Waals surface area contributed by atoms with Crippen molar-refractivity contribution in [2.45, 2.75) is 12.8 Å². The van der Waals surface area contributed by atoms with Crippen molar-refractivity contribution >= 4 is 28.2 Å². The SMILES string of the molecule is C=Nc1cc(OC)ccc1C(=C)C1=CC=C(CN(C)S(N)(=O)=O)CC1. The van der Waals surface area contributed by atoms with Crippen LogP contribution in [0.4, 0.5) is 5.69 Å². The van der Waals surface area contributed by atoms with Gasteiger partial charge in [0.25, 0.3) is 10.2 Å². The van der Waals surface area contributed by atoms with Crippen molar-refractivity contribution in [1.82, 2.24) is 4.31 Å². The molecular formula is C18H23N3O3S. The van der Waals surface area contributed by atoms with Gasteiger partial charge in [-0.2, -0.15) is 12.7 Å². The van der Waals surface area contributed by atoms with Crippen LogP contribution in [0, 0.1) is 0 Å². The number of methoxy groups -OCH3 is 1. The van der Waals surface area contributed by atoms with Crippen LogP contribution in [0.2, 0.25) is 0 Å². The zero-order valence-electron chi connectivity index (χ0n) is 14.5. The Morgan fingerprint density at radius 2 is 2.08 bits per heavy atom. The fraction of sp³-hybridized carbons (Fsp3) is 0.278. The van der Waals surface area contributed by atoms with Crippen molar-refractivity contribution in [3.8, 4) is 5.75 Å². The van der Waals surface area contributed by atoms with Crippen molar-refractivity contribution < 1.29 is 13.2 Å². The molecule has 0 amide bonds. The average Bonchev–Trinajstić information content (AvgIpc) is 2.60. The van der Waals surface area contributed by atoms with E-state index in [1.807, 2.05) is 30.4 Å². The average molecular weight is 361 g/mol. The molecule has 1 aliphatic rings. The molecule has 2 rings (SSSR count). The van der Waals surface area contributed by atoms with Crippen LogP contribution < -0.4 is 9.88 Å². The summed E-state index contributed by atoms with van der Waals surface area (Å²) in [7, 11) is -0.599. The van der Waals surface area contributed by atoms with Gasteiger partial charge in [0.1, 0.15) is 5.75 Å². The number of benzene rings is 1. The van der Waals surface area contributed by atoms with Gasteiger partial charge in [0.05, 0.1) is 12.8 Å². The summed E-state index contributed by atoms with van der Waals surface area (Å²) in [4.78, 5) is 4.06. The summed E-state index contributed by atoms with van der Waals surface area (Å²) in [5, 5.41) is 5.12. The molecule has 0 fully saturated rings. The van der Waals surface area contributed by atoms with Crippen molar-refractivity contribution in [2.24, 2.45) is 10.1 Å². The van der Waals surface area contributed by atoms with Gasteiger partial charge in [-0.3, -0.25) is 4.99 Å². The van der Waals surface area contributed by atoms with Gasteiger partial charge in [-0.1, -0.05) is 24.3 Å². The lowest BCUT2D eigenvalue weighted by atomic mass is 9.89. The first-order chi connectivity index (χ1) is 11.8. The molecule has 6 nitrogen and oxygen atoms in total. The van der Waals surface area contributed by atoms with Gasteiger partial charge in [-0.25, -0.2) is 5.14 Å². The van der Waals surface area contributed by atoms with Crippen molar-refractivity contribution in [2.75, 3.05) is 20.7 Å². The molecule has 25 heavy (non-hydrogen) atoms. The van der Waals surface area contributed by atoms with E-state index in [1.54, 1.807) is 7.11 Å². The maximum Gasteiger partial charge on any atom is 0.276 e. The van der Waals surface area contributed by atoms with Crippen LogP contribution in [-0.2, 0) is 10.2 Å². The molecular weight excluding hydrogens is 338 g/mol. The summed E-state index contributed by atoms with van der Waals surface area (Å²) in [6.45, 7) is 8.08. The lowest BCUT2D eigenvalue weighted by molar-refractivity contribution is 0.415. The second-order valence-electron chi connectivity index (χ2n) is 5.84. The van der Waals surface area contributed by atoms with Crippen molar-refractivity contribution in [3.63, 3.8) is 0 Å².